The number of nitrogens with two attached hydrogens (primary N) is 1. The summed E-state index contributed by atoms with van der Waals surface area (Å²) in [6.07, 6.45) is 0. The van der Waals surface area contributed by atoms with Gasteiger partial charge in [-0.25, -0.2) is 8.78 Å². The summed E-state index contributed by atoms with van der Waals surface area (Å²) in [5.74, 6) is -2.72. The van der Waals surface area contributed by atoms with Crippen LogP contribution in [0.5, 0.6) is 0 Å². The second kappa shape index (κ2) is 1.74. The second-order valence-corrected chi connectivity index (χ2v) is 1.74. The lowest BCUT2D eigenvalue weighted by Gasteiger charge is -2.12. The lowest BCUT2D eigenvalue weighted by molar-refractivity contribution is 0.000499. The van der Waals surface area contributed by atoms with Gasteiger partial charge in [0, 0.05) is 6.92 Å². The molecule has 0 saturated carbocycles. The fourth-order valence-corrected chi connectivity index (χ4v) is 0. The van der Waals surface area contributed by atoms with Crippen LogP contribution in [0.4, 0.5) is 8.78 Å². The lowest BCUT2D eigenvalue weighted by Crippen LogP contribution is -2.34. The molecule has 0 aliphatic carbocycles. The van der Waals surface area contributed by atoms with Crippen LogP contribution in [0.2, 0.25) is 0 Å². The molecule has 0 fully saturated rings. The lowest BCUT2D eigenvalue weighted by atomic mass is 10.2. The summed E-state index contributed by atoms with van der Waals surface area (Å²) < 4.78 is 23.4. The van der Waals surface area contributed by atoms with Crippen molar-refractivity contribution in [2.75, 3.05) is 0 Å². The Morgan fingerprint density at radius 3 is 1.71 bits per heavy atom. The summed E-state index contributed by atoms with van der Waals surface area (Å²) in [5, 5.41) is 0. The van der Waals surface area contributed by atoms with Crippen LogP contribution >= 0.6 is 0 Å². The highest BCUT2D eigenvalue weighted by molar-refractivity contribution is 4.68. The average Bonchev–Trinajstić information content (AvgIpc) is 1.31. The third-order valence-corrected chi connectivity index (χ3v) is 0.800. The second-order valence-electron chi connectivity index (χ2n) is 1.74. The molecule has 0 spiro atoms. The Labute approximate surface area is 41.5 Å². The van der Waals surface area contributed by atoms with Gasteiger partial charge in [0.15, 0.2) is 0 Å². The molecule has 0 radical (unpaired) electrons. The van der Waals surface area contributed by atoms with Gasteiger partial charge in [-0.05, 0) is 6.92 Å². The van der Waals surface area contributed by atoms with Crippen LogP contribution in [0.25, 0.3) is 0 Å². The van der Waals surface area contributed by atoms with E-state index < -0.39 is 12.0 Å². The maximum absolute atomic E-state index is 11.7. The quantitative estimate of drug-likeness (QED) is 0.533. The van der Waals surface area contributed by atoms with E-state index in [1.54, 1.807) is 0 Å². The molecule has 0 aromatic heterocycles. The van der Waals surface area contributed by atoms with E-state index in [9.17, 15) is 8.78 Å². The fraction of sp³-hybridized carbons (Fsp3) is 1.00. The van der Waals surface area contributed by atoms with E-state index in [0.717, 1.165) is 6.92 Å². The maximum atomic E-state index is 11.7. The van der Waals surface area contributed by atoms with Gasteiger partial charge in [0.25, 0.3) is 5.92 Å². The molecule has 0 amide bonds. The molecule has 0 aromatic carbocycles. The summed E-state index contributed by atoms with van der Waals surface area (Å²) in [4.78, 5) is 0. The van der Waals surface area contributed by atoms with Crippen molar-refractivity contribution in [2.24, 2.45) is 5.73 Å². The Hall–Kier alpha value is -0.180. The highest BCUT2D eigenvalue weighted by Gasteiger charge is 2.25. The molecule has 0 aromatic rings. The normalized spacial score (nSPS) is 16.7. The molecule has 0 aliphatic heterocycles. The van der Waals surface area contributed by atoms with E-state index in [2.05, 4.69) is 0 Å². The van der Waals surface area contributed by atoms with Crippen molar-refractivity contribution in [3.8, 4) is 0 Å². The van der Waals surface area contributed by atoms with Gasteiger partial charge < -0.3 is 5.73 Å². The number of rotatable bonds is 1. The summed E-state index contributed by atoms with van der Waals surface area (Å²) in [6.45, 7) is 2.08. The number of halogens is 2. The minimum absolute atomic E-state index is 0.803. The monoisotopic (exact) mass is 109 g/mol. The third kappa shape index (κ3) is 2.51. The zero-order valence-electron chi connectivity index (χ0n) is 4.41. The molecular formula is C4H9F2N. The first-order valence-corrected chi connectivity index (χ1v) is 2.08. The first kappa shape index (κ1) is 6.82. The predicted octanol–water partition coefficient (Wildman–Crippen LogP) is 0.989. The van der Waals surface area contributed by atoms with Crippen LogP contribution in [0.1, 0.15) is 13.8 Å². The Balaban J connectivity index is 3.54. The zero-order valence-corrected chi connectivity index (χ0v) is 4.41. The highest BCUT2D eigenvalue weighted by atomic mass is 19.3. The number of hydrogen-bond acceptors (Lipinski definition) is 1. The first-order chi connectivity index (χ1) is 2.94. The van der Waals surface area contributed by atoms with E-state index in [-0.39, 0.29) is 0 Å². The minimum atomic E-state index is -2.72. The number of hydrogen-bond donors (Lipinski definition) is 1. The van der Waals surface area contributed by atoms with E-state index in [1.807, 2.05) is 0 Å². The molecule has 0 saturated heterocycles. The van der Waals surface area contributed by atoms with Crippen molar-refractivity contribution in [1.29, 1.82) is 0 Å². The summed E-state index contributed by atoms with van der Waals surface area (Å²) >= 11 is 0. The van der Waals surface area contributed by atoms with Gasteiger partial charge in [0.1, 0.15) is 0 Å². The molecule has 0 aliphatic rings. The maximum Gasteiger partial charge on any atom is 0.259 e. The van der Waals surface area contributed by atoms with Gasteiger partial charge in [-0.3, -0.25) is 0 Å². The largest absolute Gasteiger partial charge is 0.323 e. The number of alkyl halides is 2. The van der Waals surface area contributed by atoms with Gasteiger partial charge in [-0.15, -0.1) is 0 Å². The van der Waals surface area contributed by atoms with Crippen molar-refractivity contribution >= 4 is 0 Å². The van der Waals surface area contributed by atoms with E-state index >= 15 is 0 Å². The van der Waals surface area contributed by atoms with Crippen LogP contribution in [0.15, 0.2) is 0 Å². The molecule has 2 N–H and O–H groups in total. The van der Waals surface area contributed by atoms with Gasteiger partial charge in [0.2, 0.25) is 0 Å². The Morgan fingerprint density at radius 2 is 1.71 bits per heavy atom. The van der Waals surface area contributed by atoms with E-state index in [0.29, 0.717) is 0 Å². The van der Waals surface area contributed by atoms with Crippen molar-refractivity contribution < 1.29 is 8.78 Å². The van der Waals surface area contributed by atoms with Crippen LogP contribution in [0.3, 0.4) is 0 Å². The topological polar surface area (TPSA) is 26.0 Å². The van der Waals surface area contributed by atoms with Crippen molar-refractivity contribution in [2.45, 2.75) is 25.8 Å². The van der Waals surface area contributed by atoms with E-state index in [1.165, 1.54) is 6.92 Å². The Bertz CT molecular complexity index is 55.2. The fourth-order valence-electron chi connectivity index (χ4n) is 0. The van der Waals surface area contributed by atoms with Gasteiger partial charge in [0.05, 0.1) is 6.04 Å². The summed E-state index contributed by atoms with van der Waals surface area (Å²) in [5.41, 5.74) is 4.82. The van der Waals surface area contributed by atoms with Crippen molar-refractivity contribution in [3.05, 3.63) is 0 Å². The zero-order chi connectivity index (χ0) is 6.08. The molecule has 0 heterocycles. The molecular weight excluding hydrogens is 100 g/mol. The van der Waals surface area contributed by atoms with Crippen LogP contribution < -0.4 is 5.73 Å². The Morgan fingerprint density at radius 1 is 1.57 bits per heavy atom. The molecule has 0 rings (SSSR count). The molecule has 7 heavy (non-hydrogen) atoms. The highest BCUT2D eigenvalue weighted by Crippen LogP contribution is 2.13. The predicted molar refractivity (Wildman–Crippen MR) is 24.3 cm³/mol. The SMILES string of the molecule is CC(N)C(C)(F)F. The smallest absolute Gasteiger partial charge is 0.259 e. The van der Waals surface area contributed by atoms with Gasteiger partial charge in [-0.2, -0.15) is 0 Å². The molecule has 44 valence electrons. The molecule has 0 bridgehead atoms. The summed E-state index contributed by atoms with van der Waals surface area (Å²) in [7, 11) is 0. The van der Waals surface area contributed by atoms with Gasteiger partial charge >= 0.3 is 0 Å². The molecule has 1 unspecified atom stereocenters. The average molecular weight is 109 g/mol. The van der Waals surface area contributed by atoms with Crippen LogP contribution in [-0.2, 0) is 0 Å². The van der Waals surface area contributed by atoms with Crippen molar-refractivity contribution in [3.63, 3.8) is 0 Å². The van der Waals surface area contributed by atoms with Crippen LogP contribution in [-0.4, -0.2) is 12.0 Å². The molecule has 1 atom stereocenters. The van der Waals surface area contributed by atoms with Crippen molar-refractivity contribution in [1.82, 2.24) is 0 Å². The summed E-state index contributed by atoms with van der Waals surface area (Å²) in [6, 6.07) is -1.03. The molecule has 3 heteroatoms. The Kier molecular flexibility index (Phi) is 1.69. The first-order valence-electron chi connectivity index (χ1n) is 2.08. The third-order valence-electron chi connectivity index (χ3n) is 0.800. The van der Waals surface area contributed by atoms with E-state index in [4.69, 9.17) is 5.73 Å². The standard InChI is InChI=1S/C4H9F2N/c1-3(7)4(2,5)6/h3H,7H2,1-2H3. The van der Waals surface area contributed by atoms with Gasteiger partial charge in [-0.1, -0.05) is 0 Å². The van der Waals surface area contributed by atoms with Crippen LogP contribution in [0, 0.1) is 0 Å². The minimum Gasteiger partial charge on any atom is -0.323 e. The molecule has 1 nitrogen and oxygen atoms in total.